The molecule has 1 saturated carbocycles. The van der Waals surface area contributed by atoms with E-state index in [1.165, 1.54) is 65.0 Å². The highest BCUT2D eigenvalue weighted by Gasteiger charge is 2.36. The summed E-state index contributed by atoms with van der Waals surface area (Å²) in [4.78, 5) is 16.8. The molecule has 0 N–H and O–H groups in total. The molecule has 1 aromatic heterocycles. The molecule has 1 aliphatic carbocycles. The highest BCUT2D eigenvalue weighted by atomic mass is 32.2. The minimum Gasteiger partial charge on any atom is -0.494 e. The summed E-state index contributed by atoms with van der Waals surface area (Å²) in [5.74, 6) is 0.667. The summed E-state index contributed by atoms with van der Waals surface area (Å²) in [5.41, 5.74) is 1.63. The summed E-state index contributed by atoms with van der Waals surface area (Å²) >= 11 is 1.67. The number of fused-ring (bicyclic) bond motifs is 1. The highest BCUT2D eigenvalue weighted by Crippen LogP contribution is 2.39. The second-order valence-electron chi connectivity index (χ2n) is 13.1. The van der Waals surface area contributed by atoms with Gasteiger partial charge in [-0.25, -0.2) is 8.42 Å². The standard InChI is InChI=1S/C35H47N5O3S2/c1-3-43-29-6-9-31(10-7-29)45(41,42)34-25-36-33-11-8-30(44-2)24-32(33)35(34)40-18-14-27(15-19-40)37-16-12-28(13-17-37)39-22-20-38(21-23-39)26-4-5-26/h6-11,24-28H,3-5,12-23H2,1-2H3. The molecule has 0 unspecified atom stereocenters. The van der Waals surface area contributed by atoms with Gasteiger partial charge in [0.15, 0.2) is 0 Å². The van der Waals surface area contributed by atoms with E-state index in [9.17, 15) is 8.42 Å². The number of anilines is 1. The second kappa shape index (κ2) is 13.4. The van der Waals surface area contributed by atoms with Crippen LogP contribution in [0.1, 0.15) is 45.4 Å². The fourth-order valence-electron chi connectivity index (χ4n) is 7.78. The number of rotatable bonds is 9. The number of pyridine rings is 1. The number of hydrogen-bond acceptors (Lipinski definition) is 9. The van der Waals surface area contributed by atoms with E-state index < -0.39 is 9.84 Å². The number of sulfone groups is 1. The van der Waals surface area contributed by atoms with Crippen molar-refractivity contribution in [1.82, 2.24) is 19.7 Å². The molecule has 4 aliphatic rings. The van der Waals surface area contributed by atoms with Gasteiger partial charge in [0, 0.05) is 73.9 Å². The summed E-state index contributed by atoms with van der Waals surface area (Å²) in [7, 11) is -3.80. The predicted octanol–water partition coefficient (Wildman–Crippen LogP) is 5.40. The molecular weight excluding hydrogens is 603 g/mol. The molecule has 0 amide bonds. The molecule has 3 aromatic rings. The molecule has 0 spiro atoms. The number of ether oxygens (including phenoxy) is 1. The molecule has 3 aliphatic heterocycles. The largest absolute Gasteiger partial charge is 0.494 e. The minimum absolute atomic E-state index is 0.265. The third-order valence-corrected chi connectivity index (χ3v) is 13.0. The van der Waals surface area contributed by atoms with Crippen molar-refractivity contribution in [2.75, 3.05) is 70.1 Å². The van der Waals surface area contributed by atoms with Crippen molar-refractivity contribution in [3.8, 4) is 5.75 Å². The Balaban J connectivity index is 1.06. The zero-order chi connectivity index (χ0) is 31.0. The van der Waals surface area contributed by atoms with E-state index >= 15 is 0 Å². The van der Waals surface area contributed by atoms with Gasteiger partial charge in [-0.15, -0.1) is 11.8 Å². The van der Waals surface area contributed by atoms with Crippen LogP contribution in [0.15, 0.2) is 63.3 Å². The second-order valence-corrected chi connectivity index (χ2v) is 15.8. The first-order valence-electron chi connectivity index (χ1n) is 16.9. The Hall–Kier alpha value is -2.37. The molecule has 0 radical (unpaired) electrons. The van der Waals surface area contributed by atoms with Crippen molar-refractivity contribution < 1.29 is 13.2 Å². The van der Waals surface area contributed by atoms with Gasteiger partial charge >= 0.3 is 0 Å². The Morgan fingerprint density at radius 1 is 0.778 bits per heavy atom. The van der Waals surface area contributed by atoms with Crippen LogP contribution in [-0.4, -0.2) is 111 Å². The van der Waals surface area contributed by atoms with Crippen LogP contribution in [0.5, 0.6) is 5.75 Å². The molecule has 4 fully saturated rings. The Morgan fingerprint density at radius 2 is 1.36 bits per heavy atom. The normalized spacial score (nSPS) is 21.9. The zero-order valence-corrected chi connectivity index (χ0v) is 28.4. The van der Waals surface area contributed by atoms with Gasteiger partial charge in [0.25, 0.3) is 0 Å². The first kappa shape index (κ1) is 31.2. The van der Waals surface area contributed by atoms with E-state index in [4.69, 9.17) is 4.74 Å². The van der Waals surface area contributed by atoms with Crippen molar-refractivity contribution in [2.45, 2.75) is 78.3 Å². The lowest BCUT2D eigenvalue weighted by Crippen LogP contribution is -2.55. The first-order valence-corrected chi connectivity index (χ1v) is 19.6. The van der Waals surface area contributed by atoms with Crippen LogP contribution < -0.4 is 9.64 Å². The van der Waals surface area contributed by atoms with Crippen LogP contribution >= 0.6 is 11.8 Å². The van der Waals surface area contributed by atoms with Gasteiger partial charge in [-0.2, -0.15) is 0 Å². The third-order valence-electron chi connectivity index (χ3n) is 10.5. The number of piperazine rings is 1. The lowest BCUT2D eigenvalue weighted by molar-refractivity contribution is 0.0416. The van der Waals surface area contributed by atoms with Crippen LogP contribution in [-0.2, 0) is 9.84 Å². The Morgan fingerprint density at radius 3 is 1.93 bits per heavy atom. The number of likely N-dealkylation sites (tertiary alicyclic amines) is 1. The minimum atomic E-state index is -3.80. The molecule has 8 nitrogen and oxygen atoms in total. The van der Waals surface area contributed by atoms with Crippen LogP contribution in [0.3, 0.4) is 0 Å². The summed E-state index contributed by atoms with van der Waals surface area (Å²) in [6, 6.07) is 15.1. The maximum Gasteiger partial charge on any atom is 0.210 e. The lowest BCUT2D eigenvalue weighted by Gasteiger charge is -2.46. The van der Waals surface area contributed by atoms with Crippen molar-refractivity contribution >= 4 is 38.2 Å². The van der Waals surface area contributed by atoms with E-state index in [1.54, 1.807) is 42.2 Å². The first-order chi connectivity index (χ1) is 21.9. The van der Waals surface area contributed by atoms with Crippen molar-refractivity contribution in [1.29, 1.82) is 0 Å². The molecule has 2 aromatic carbocycles. The Labute approximate surface area is 273 Å². The predicted molar refractivity (Wildman–Crippen MR) is 183 cm³/mol. The molecule has 10 heteroatoms. The Kier molecular flexibility index (Phi) is 9.30. The maximum absolute atomic E-state index is 14.2. The SMILES string of the molecule is CCOc1ccc(S(=O)(=O)c2cnc3ccc(SC)cc3c2N2CCC(N3CCC(N4CCN(C5CC5)CC4)CC3)CC2)cc1. The fourth-order valence-corrected chi connectivity index (χ4v) is 9.65. The van der Waals surface area contributed by atoms with E-state index in [2.05, 4.69) is 43.0 Å². The summed E-state index contributed by atoms with van der Waals surface area (Å²) in [6.07, 6.45) is 11.1. The molecule has 3 saturated heterocycles. The van der Waals surface area contributed by atoms with E-state index in [0.29, 0.717) is 23.3 Å². The van der Waals surface area contributed by atoms with Crippen LogP contribution in [0, 0.1) is 0 Å². The number of thioether (sulfide) groups is 1. The van der Waals surface area contributed by atoms with Gasteiger partial charge < -0.3 is 14.5 Å². The van der Waals surface area contributed by atoms with E-state index in [0.717, 1.165) is 59.5 Å². The lowest BCUT2D eigenvalue weighted by atomic mass is 9.96. The Bertz CT molecular complexity index is 1570. The summed E-state index contributed by atoms with van der Waals surface area (Å²) < 4.78 is 33.9. The fraction of sp³-hybridized carbons (Fsp3) is 0.571. The molecule has 4 heterocycles. The topological polar surface area (TPSA) is 69.2 Å². The monoisotopic (exact) mass is 649 g/mol. The van der Waals surface area contributed by atoms with Crippen LogP contribution in [0.25, 0.3) is 10.9 Å². The smallest absolute Gasteiger partial charge is 0.210 e. The zero-order valence-electron chi connectivity index (χ0n) is 26.7. The van der Waals surface area contributed by atoms with Gasteiger partial charge in [-0.05, 0) is 107 Å². The summed E-state index contributed by atoms with van der Waals surface area (Å²) in [5, 5.41) is 0.912. The number of hydrogen-bond donors (Lipinski definition) is 0. The van der Waals surface area contributed by atoms with Gasteiger partial charge in [-0.3, -0.25) is 14.8 Å². The average molecular weight is 650 g/mol. The van der Waals surface area contributed by atoms with E-state index in [-0.39, 0.29) is 4.90 Å². The molecule has 0 bridgehead atoms. The van der Waals surface area contributed by atoms with Crippen molar-refractivity contribution in [2.24, 2.45) is 0 Å². The van der Waals surface area contributed by atoms with Gasteiger partial charge in [-0.1, -0.05) is 0 Å². The number of aromatic nitrogens is 1. The quantitative estimate of drug-likeness (QED) is 0.284. The number of benzene rings is 2. The molecule has 0 atom stereocenters. The van der Waals surface area contributed by atoms with E-state index in [1.807, 2.05) is 13.0 Å². The molecular formula is C35H47N5O3S2. The highest BCUT2D eigenvalue weighted by molar-refractivity contribution is 7.98. The molecule has 242 valence electrons. The van der Waals surface area contributed by atoms with Gasteiger partial charge in [0.05, 0.1) is 22.7 Å². The molecule has 7 rings (SSSR count). The van der Waals surface area contributed by atoms with Crippen molar-refractivity contribution in [3.63, 3.8) is 0 Å². The third kappa shape index (κ3) is 6.59. The van der Waals surface area contributed by atoms with Crippen LogP contribution in [0.2, 0.25) is 0 Å². The van der Waals surface area contributed by atoms with Crippen LogP contribution in [0.4, 0.5) is 5.69 Å². The number of piperidine rings is 2. The van der Waals surface area contributed by atoms with Gasteiger partial charge in [0.2, 0.25) is 9.84 Å². The number of nitrogens with zero attached hydrogens (tertiary/aromatic N) is 5. The maximum atomic E-state index is 14.2. The summed E-state index contributed by atoms with van der Waals surface area (Å²) in [6.45, 7) is 11.4. The van der Waals surface area contributed by atoms with Gasteiger partial charge in [0.1, 0.15) is 10.6 Å². The average Bonchev–Trinajstić information content (AvgIpc) is 3.94. The van der Waals surface area contributed by atoms with Crippen molar-refractivity contribution in [3.05, 3.63) is 48.7 Å². The molecule has 45 heavy (non-hydrogen) atoms.